The summed E-state index contributed by atoms with van der Waals surface area (Å²) in [7, 11) is 0. The van der Waals surface area contributed by atoms with E-state index in [0.717, 1.165) is 0 Å². The minimum Gasteiger partial charge on any atom is -0.869 e. The molecule has 0 rings (SSSR count). The lowest BCUT2D eigenvalue weighted by molar-refractivity contribution is -0.360. The molecule has 0 N–H and O–H groups in total. The van der Waals surface area contributed by atoms with Crippen molar-refractivity contribution in [2.45, 2.75) is 20.0 Å². The van der Waals surface area contributed by atoms with E-state index >= 15 is 0 Å². The molecular weight excluding hydrogens is 173 g/mol. The molecule has 0 bridgehead atoms. The van der Waals surface area contributed by atoms with Crippen LogP contribution in [0.3, 0.4) is 0 Å². The average Bonchev–Trinajstić information content (AvgIpc) is 1.85. The third-order valence-electron chi connectivity index (χ3n) is 1.12. The van der Waals surface area contributed by atoms with E-state index in [0.29, 0.717) is 0 Å². The van der Waals surface area contributed by atoms with Gasteiger partial charge < -0.3 is 5.11 Å². The second-order valence-electron chi connectivity index (χ2n) is 2.56. The van der Waals surface area contributed by atoms with Crippen LogP contribution in [0.2, 0.25) is 0 Å². The maximum absolute atomic E-state index is 11.5. The summed E-state index contributed by atoms with van der Waals surface area (Å²) in [4.78, 5) is 10.6. The second-order valence-corrected chi connectivity index (χ2v) is 2.56. The molecule has 70 valence electrons. The highest BCUT2D eigenvalue weighted by Crippen LogP contribution is 2.21. The van der Waals surface area contributed by atoms with E-state index in [-0.39, 0.29) is 6.08 Å². The van der Waals surface area contributed by atoms with Gasteiger partial charge in [-0.1, -0.05) is 13.8 Å². The smallest absolute Gasteiger partial charge is 0.402 e. The van der Waals surface area contributed by atoms with Gasteiger partial charge in [0.05, 0.1) is 0 Å². The van der Waals surface area contributed by atoms with Gasteiger partial charge in [-0.3, -0.25) is 4.79 Å². The normalized spacial score (nSPS) is 13.7. The molecule has 0 aromatic carbocycles. The van der Waals surface area contributed by atoms with Crippen molar-refractivity contribution in [2.24, 2.45) is 5.92 Å². The highest BCUT2D eigenvalue weighted by atomic mass is 19.4. The first-order chi connectivity index (χ1) is 5.25. The maximum Gasteiger partial charge on any atom is 0.402 e. The van der Waals surface area contributed by atoms with Gasteiger partial charge in [-0.05, 0) is 11.8 Å². The Hall–Kier alpha value is -1.00. The number of hydrogen-bond donors (Lipinski definition) is 0. The second kappa shape index (κ2) is 3.60. The van der Waals surface area contributed by atoms with Gasteiger partial charge in [0.25, 0.3) is 0 Å². The van der Waals surface area contributed by atoms with E-state index in [2.05, 4.69) is 0 Å². The average molecular weight is 181 g/mol. The van der Waals surface area contributed by atoms with Crippen molar-refractivity contribution in [1.82, 2.24) is 0 Å². The number of alkyl halides is 3. The summed E-state index contributed by atoms with van der Waals surface area (Å²) in [5, 5.41) is 10.2. The zero-order chi connectivity index (χ0) is 9.94. The fourth-order valence-electron chi connectivity index (χ4n) is 0.378. The Kier molecular flexibility index (Phi) is 3.30. The van der Waals surface area contributed by atoms with Crippen LogP contribution in [-0.4, -0.2) is 12.0 Å². The van der Waals surface area contributed by atoms with Crippen molar-refractivity contribution in [3.63, 3.8) is 0 Å². The summed E-state index contributed by atoms with van der Waals surface area (Å²) in [6.45, 7) is 2.84. The monoisotopic (exact) mass is 181 g/mol. The predicted molar refractivity (Wildman–Crippen MR) is 34.0 cm³/mol. The van der Waals surface area contributed by atoms with Crippen LogP contribution in [0.4, 0.5) is 13.2 Å². The molecule has 5 heteroatoms. The van der Waals surface area contributed by atoms with E-state index in [1.54, 1.807) is 0 Å². The molecule has 0 aromatic heterocycles. The Balaban J connectivity index is 4.48. The minimum absolute atomic E-state index is 0.0880. The summed E-state index contributed by atoms with van der Waals surface area (Å²) in [5.74, 6) is -3.49. The van der Waals surface area contributed by atoms with E-state index in [1.165, 1.54) is 13.8 Å². The van der Waals surface area contributed by atoms with Crippen LogP contribution in [0.15, 0.2) is 11.8 Å². The molecular formula is C7H8F3O2-. The van der Waals surface area contributed by atoms with Crippen LogP contribution < -0.4 is 5.11 Å². The van der Waals surface area contributed by atoms with E-state index in [9.17, 15) is 23.1 Å². The minimum atomic E-state index is -4.94. The molecule has 0 unspecified atom stereocenters. The van der Waals surface area contributed by atoms with Gasteiger partial charge in [-0.15, -0.1) is 0 Å². The molecule has 0 aliphatic rings. The van der Waals surface area contributed by atoms with Crippen LogP contribution in [-0.2, 0) is 4.79 Å². The number of ketones is 1. The molecule has 0 spiro atoms. The molecule has 0 aliphatic carbocycles. The van der Waals surface area contributed by atoms with Crippen LogP contribution >= 0.6 is 0 Å². The summed E-state index contributed by atoms with van der Waals surface area (Å²) in [6, 6.07) is 0. The van der Waals surface area contributed by atoms with Gasteiger partial charge in [-0.25, -0.2) is 0 Å². The van der Waals surface area contributed by atoms with Crippen molar-refractivity contribution in [3.05, 3.63) is 11.8 Å². The Labute approximate surface area is 67.7 Å². The van der Waals surface area contributed by atoms with Gasteiger partial charge in [-0.2, -0.15) is 13.2 Å². The number of carbonyl (C=O) groups excluding carboxylic acids is 1. The van der Waals surface area contributed by atoms with E-state index < -0.39 is 23.6 Å². The fraction of sp³-hybridized carbons (Fsp3) is 0.571. The summed E-state index contributed by atoms with van der Waals surface area (Å²) < 4.78 is 34.6. The number of allylic oxidation sites excluding steroid dienone is 2. The molecule has 0 heterocycles. The summed E-state index contributed by atoms with van der Waals surface area (Å²) in [5.41, 5.74) is 0. The molecule has 0 aliphatic heterocycles. The Morgan fingerprint density at radius 2 is 1.83 bits per heavy atom. The Morgan fingerprint density at radius 3 is 2.08 bits per heavy atom. The zero-order valence-electron chi connectivity index (χ0n) is 6.61. The van der Waals surface area contributed by atoms with Crippen molar-refractivity contribution < 1.29 is 23.1 Å². The summed E-state index contributed by atoms with van der Waals surface area (Å²) in [6.07, 6.45) is -4.85. The lowest BCUT2D eigenvalue weighted by Gasteiger charge is -2.15. The molecule has 0 saturated heterocycles. The van der Waals surface area contributed by atoms with Crippen molar-refractivity contribution in [1.29, 1.82) is 0 Å². The van der Waals surface area contributed by atoms with Crippen molar-refractivity contribution in [2.75, 3.05) is 0 Å². The quantitative estimate of drug-likeness (QED) is 0.471. The van der Waals surface area contributed by atoms with Crippen LogP contribution in [0, 0.1) is 5.92 Å². The van der Waals surface area contributed by atoms with Crippen molar-refractivity contribution in [3.8, 4) is 0 Å². The first-order valence-corrected chi connectivity index (χ1v) is 3.25. The number of halogens is 3. The van der Waals surface area contributed by atoms with Gasteiger partial charge in [0.15, 0.2) is 5.78 Å². The maximum atomic E-state index is 11.5. The number of carbonyl (C=O) groups is 1. The number of rotatable bonds is 2. The zero-order valence-corrected chi connectivity index (χ0v) is 6.61. The third-order valence-corrected chi connectivity index (χ3v) is 1.12. The van der Waals surface area contributed by atoms with Gasteiger partial charge in [0.2, 0.25) is 0 Å². The topological polar surface area (TPSA) is 40.1 Å². The highest BCUT2D eigenvalue weighted by molar-refractivity contribution is 5.91. The van der Waals surface area contributed by atoms with Crippen LogP contribution in [0.5, 0.6) is 0 Å². The largest absolute Gasteiger partial charge is 0.869 e. The Morgan fingerprint density at radius 1 is 1.42 bits per heavy atom. The van der Waals surface area contributed by atoms with Gasteiger partial charge in [0.1, 0.15) is 0 Å². The first-order valence-electron chi connectivity index (χ1n) is 3.25. The fourth-order valence-corrected chi connectivity index (χ4v) is 0.378. The molecule has 12 heavy (non-hydrogen) atoms. The molecule has 0 saturated carbocycles. The lowest BCUT2D eigenvalue weighted by atomic mass is 10.1. The molecule has 2 nitrogen and oxygen atoms in total. The molecule has 0 radical (unpaired) electrons. The van der Waals surface area contributed by atoms with E-state index in [1.807, 2.05) is 0 Å². The highest BCUT2D eigenvalue weighted by Gasteiger charge is 2.26. The van der Waals surface area contributed by atoms with E-state index in [4.69, 9.17) is 0 Å². The van der Waals surface area contributed by atoms with Crippen LogP contribution in [0.1, 0.15) is 13.8 Å². The molecule has 0 fully saturated rings. The summed E-state index contributed by atoms with van der Waals surface area (Å²) >= 11 is 0. The molecule has 0 amide bonds. The Bertz CT molecular complexity index is 203. The van der Waals surface area contributed by atoms with Gasteiger partial charge >= 0.3 is 6.18 Å². The van der Waals surface area contributed by atoms with Crippen molar-refractivity contribution >= 4 is 5.78 Å². The SMILES string of the molecule is CC(C)C(=O)C=C([O-])C(F)(F)F. The first kappa shape index (κ1) is 11.0. The standard InChI is InChI=1S/C7H9F3O2/c1-4(2)5(11)3-6(12)7(8,9)10/h3-4,12H,1-2H3/p-1. The lowest BCUT2D eigenvalue weighted by Crippen LogP contribution is -2.24. The molecule has 0 atom stereocenters. The number of hydrogen-bond acceptors (Lipinski definition) is 2. The van der Waals surface area contributed by atoms with Crippen LogP contribution in [0.25, 0.3) is 0 Å². The van der Waals surface area contributed by atoms with Gasteiger partial charge in [0, 0.05) is 5.92 Å². The predicted octanol–water partition coefficient (Wildman–Crippen LogP) is 1.02. The molecule has 0 aromatic rings. The third kappa shape index (κ3) is 3.41.